The van der Waals surface area contributed by atoms with E-state index in [9.17, 15) is 9.50 Å². The lowest BCUT2D eigenvalue weighted by molar-refractivity contribution is 0.0415. The van der Waals surface area contributed by atoms with Gasteiger partial charge in [0, 0.05) is 24.2 Å². The van der Waals surface area contributed by atoms with Crippen LogP contribution < -0.4 is 0 Å². The molecule has 3 rings (SSSR count). The smallest absolute Gasteiger partial charge is 0.129 e. The molecule has 1 aliphatic heterocycles. The highest BCUT2D eigenvalue weighted by Crippen LogP contribution is 2.42. The summed E-state index contributed by atoms with van der Waals surface area (Å²) < 4.78 is 14.0. The lowest BCUT2D eigenvalue weighted by atomic mass is 9.90. The van der Waals surface area contributed by atoms with Crippen molar-refractivity contribution in [3.63, 3.8) is 0 Å². The molecule has 0 aromatic heterocycles. The number of aliphatic hydroxyl groups is 1. The van der Waals surface area contributed by atoms with Crippen molar-refractivity contribution in [3.8, 4) is 0 Å². The van der Waals surface area contributed by atoms with E-state index in [1.165, 1.54) is 18.9 Å². The predicted molar refractivity (Wildman–Crippen MR) is 68.8 cm³/mol. The second kappa shape index (κ2) is 4.04. The van der Waals surface area contributed by atoms with Crippen molar-refractivity contribution in [3.05, 3.63) is 35.1 Å². The third-order valence-corrected chi connectivity index (χ3v) is 4.28. The van der Waals surface area contributed by atoms with E-state index in [-0.39, 0.29) is 5.82 Å². The lowest BCUT2D eigenvalue weighted by Gasteiger charge is -2.25. The Labute approximate surface area is 107 Å². The van der Waals surface area contributed by atoms with Gasteiger partial charge < -0.3 is 5.11 Å². The fourth-order valence-electron chi connectivity index (χ4n) is 3.21. The molecule has 2 atom stereocenters. The SMILES string of the molecule is Cc1ccc(F)c(C2(O)CC(C)N(C3CC3)C2)c1. The molecule has 98 valence electrons. The Morgan fingerprint density at radius 2 is 2.11 bits per heavy atom. The molecule has 18 heavy (non-hydrogen) atoms. The van der Waals surface area contributed by atoms with Gasteiger partial charge in [-0.3, -0.25) is 4.90 Å². The average Bonchev–Trinajstić information content (AvgIpc) is 3.09. The van der Waals surface area contributed by atoms with Gasteiger partial charge >= 0.3 is 0 Å². The third-order valence-electron chi connectivity index (χ3n) is 4.28. The van der Waals surface area contributed by atoms with Crippen LogP contribution in [0.3, 0.4) is 0 Å². The van der Waals surface area contributed by atoms with Crippen molar-refractivity contribution < 1.29 is 9.50 Å². The molecule has 0 bridgehead atoms. The summed E-state index contributed by atoms with van der Waals surface area (Å²) in [6.45, 7) is 4.63. The van der Waals surface area contributed by atoms with Crippen LogP contribution in [0.2, 0.25) is 0 Å². The molecular weight excluding hydrogens is 229 g/mol. The van der Waals surface area contributed by atoms with Gasteiger partial charge in [-0.1, -0.05) is 17.7 Å². The normalized spacial score (nSPS) is 33.0. The summed E-state index contributed by atoms with van der Waals surface area (Å²) in [5, 5.41) is 10.8. The van der Waals surface area contributed by atoms with Crippen LogP contribution in [0.25, 0.3) is 0 Å². The quantitative estimate of drug-likeness (QED) is 0.871. The number of benzene rings is 1. The molecule has 0 radical (unpaired) electrons. The summed E-state index contributed by atoms with van der Waals surface area (Å²) in [7, 11) is 0. The predicted octanol–water partition coefficient (Wildman–Crippen LogP) is 2.58. The summed E-state index contributed by atoms with van der Waals surface area (Å²) >= 11 is 0. The fourth-order valence-corrected chi connectivity index (χ4v) is 3.21. The third kappa shape index (κ3) is 1.95. The van der Waals surface area contributed by atoms with Gasteiger partial charge in [-0.25, -0.2) is 4.39 Å². The second-order valence-corrected chi connectivity index (χ2v) is 5.97. The number of likely N-dealkylation sites (tertiary alicyclic amines) is 1. The topological polar surface area (TPSA) is 23.5 Å². The van der Waals surface area contributed by atoms with Gasteiger partial charge in [0.05, 0.1) is 0 Å². The van der Waals surface area contributed by atoms with Crippen molar-refractivity contribution in [1.29, 1.82) is 0 Å². The van der Waals surface area contributed by atoms with Crippen LogP contribution in [0.5, 0.6) is 0 Å². The molecule has 0 amide bonds. The summed E-state index contributed by atoms with van der Waals surface area (Å²) in [5.41, 5.74) is 0.452. The number of hydrogen-bond acceptors (Lipinski definition) is 2. The van der Waals surface area contributed by atoms with E-state index < -0.39 is 5.60 Å². The second-order valence-electron chi connectivity index (χ2n) is 5.97. The summed E-state index contributed by atoms with van der Waals surface area (Å²) in [5.74, 6) is -0.284. The van der Waals surface area contributed by atoms with E-state index >= 15 is 0 Å². The van der Waals surface area contributed by atoms with Crippen molar-refractivity contribution in [1.82, 2.24) is 4.90 Å². The molecule has 1 aromatic carbocycles. The number of nitrogens with zero attached hydrogens (tertiary/aromatic N) is 1. The number of hydrogen-bond donors (Lipinski definition) is 1. The summed E-state index contributed by atoms with van der Waals surface area (Å²) in [4.78, 5) is 2.34. The molecular formula is C15H20FNO. The maximum atomic E-state index is 14.0. The Hall–Kier alpha value is -0.930. The summed E-state index contributed by atoms with van der Waals surface area (Å²) in [6.07, 6.45) is 3.07. The highest BCUT2D eigenvalue weighted by atomic mass is 19.1. The van der Waals surface area contributed by atoms with Crippen molar-refractivity contribution in [2.75, 3.05) is 6.54 Å². The number of rotatable bonds is 2. The van der Waals surface area contributed by atoms with Crippen LogP contribution in [0.1, 0.15) is 37.3 Å². The minimum Gasteiger partial charge on any atom is -0.384 e. The van der Waals surface area contributed by atoms with Crippen LogP contribution in [0, 0.1) is 12.7 Å². The van der Waals surface area contributed by atoms with Gasteiger partial charge in [0.15, 0.2) is 0 Å². The average molecular weight is 249 g/mol. The van der Waals surface area contributed by atoms with E-state index in [0.29, 0.717) is 30.6 Å². The first-order valence-corrected chi connectivity index (χ1v) is 6.74. The zero-order valence-electron chi connectivity index (χ0n) is 11.0. The largest absolute Gasteiger partial charge is 0.384 e. The van der Waals surface area contributed by atoms with Gasteiger partial charge in [-0.15, -0.1) is 0 Å². The lowest BCUT2D eigenvalue weighted by Crippen LogP contribution is -2.33. The van der Waals surface area contributed by atoms with Gasteiger partial charge in [-0.05, 0) is 39.2 Å². The van der Waals surface area contributed by atoms with Crippen molar-refractivity contribution in [2.24, 2.45) is 0 Å². The Morgan fingerprint density at radius 3 is 2.78 bits per heavy atom. The van der Waals surface area contributed by atoms with Gasteiger partial charge in [-0.2, -0.15) is 0 Å². The van der Waals surface area contributed by atoms with Crippen LogP contribution in [-0.2, 0) is 5.60 Å². The van der Waals surface area contributed by atoms with Gasteiger partial charge in [0.25, 0.3) is 0 Å². The monoisotopic (exact) mass is 249 g/mol. The standard InChI is InChI=1S/C15H20FNO/c1-10-3-6-14(16)13(7-10)15(18)8-11(2)17(9-15)12-4-5-12/h3,6-7,11-12,18H,4-5,8-9H2,1-2H3. The van der Waals surface area contributed by atoms with Crippen molar-refractivity contribution >= 4 is 0 Å². The molecule has 1 saturated heterocycles. The molecule has 2 aliphatic rings. The molecule has 0 spiro atoms. The van der Waals surface area contributed by atoms with Crippen molar-refractivity contribution in [2.45, 2.75) is 50.8 Å². The van der Waals surface area contributed by atoms with E-state index in [0.717, 1.165) is 5.56 Å². The Balaban J connectivity index is 1.93. The van der Waals surface area contributed by atoms with Crippen LogP contribution in [-0.4, -0.2) is 28.6 Å². The van der Waals surface area contributed by atoms with Gasteiger partial charge in [0.2, 0.25) is 0 Å². The highest BCUT2D eigenvalue weighted by Gasteiger charge is 2.47. The van der Waals surface area contributed by atoms with E-state index in [4.69, 9.17) is 0 Å². The van der Waals surface area contributed by atoms with Crippen LogP contribution >= 0.6 is 0 Å². The number of aryl methyl sites for hydroxylation is 1. The Kier molecular flexibility index (Phi) is 2.72. The maximum absolute atomic E-state index is 14.0. The molecule has 1 aromatic rings. The minimum atomic E-state index is -1.02. The van der Waals surface area contributed by atoms with Crippen LogP contribution in [0.15, 0.2) is 18.2 Å². The molecule has 1 saturated carbocycles. The Morgan fingerprint density at radius 1 is 1.39 bits per heavy atom. The molecule has 2 unspecified atom stereocenters. The van der Waals surface area contributed by atoms with Crippen LogP contribution in [0.4, 0.5) is 4.39 Å². The molecule has 1 aliphatic carbocycles. The zero-order chi connectivity index (χ0) is 12.9. The fraction of sp³-hybridized carbons (Fsp3) is 0.600. The molecule has 2 fully saturated rings. The number of β-amino-alcohol motifs (C(OH)–C–C–N with tert-alkyl or cyclic N) is 1. The first kappa shape index (κ1) is 12.1. The maximum Gasteiger partial charge on any atom is 0.129 e. The zero-order valence-corrected chi connectivity index (χ0v) is 11.0. The first-order valence-electron chi connectivity index (χ1n) is 6.74. The molecule has 2 nitrogen and oxygen atoms in total. The van der Waals surface area contributed by atoms with Gasteiger partial charge in [0.1, 0.15) is 11.4 Å². The first-order chi connectivity index (χ1) is 8.49. The summed E-state index contributed by atoms with van der Waals surface area (Å²) in [6, 6.07) is 5.95. The molecule has 1 heterocycles. The van der Waals surface area contributed by atoms with E-state index in [1.807, 2.05) is 6.92 Å². The van der Waals surface area contributed by atoms with E-state index in [1.54, 1.807) is 12.1 Å². The highest BCUT2D eigenvalue weighted by molar-refractivity contribution is 5.31. The van der Waals surface area contributed by atoms with E-state index in [2.05, 4.69) is 11.8 Å². The molecule has 3 heteroatoms. The molecule has 1 N–H and O–H groups in total. The minimum absolute atomic E-state index is 0.284. The number of halogens is 1. The Bertz CT molecular complexity index is 472.